The third-order valence-electron chi connectivity index (χ3n) is 7.28. The Morgan fingerprint density at radius 1 is 1.08 bits per heavy atom. The second-order valence-electron chi connectivity index (χ2n) is 10.3. The van der Waals surface area contributed by atoms with Crippen molar-refractivity contribution in [2.75, 3.05) is 50.8 Å². The fraction of sp³-hybridized carbons (Fsp3) is 0.538. The highest BCUT2D eigenvalue weighted by molar-refractivity contribution is 7.92. The number of amides is 1. The van der Waals surface area contributed by atoms with E-state index in [4.69, 9.17) is 9.47 Å². The Kier molecular flexibility index (Phi) is 7.80. The molecule has 0 N–H and O–H groups in total. The second-order valence-corrected chi connectivity index (χ2v) is 12.1. The van der Waals surface area contributed by atoms with Gasteiger partial charge < -0.3 is 19.3 Å². The molecule has 11 nitrogen and oxygen atoms in total. The third kappa shape index (κ3) is 6.79. The van der Waals surface area contributed by atoms with Gasteiger partial charge in [0.05, 0.1) is 19.0 Å². The van der Waals surface area contributed by atoms with Crippen LogP contribution in [0.3, 0.4) is 0 Å². The van der Waals surface area contributed by atoms with E-state index in [9.17, 15) is 13.2 Å². The molecule has 2 aromatic heterocycles. The van der Waals surface area contributed by atoms with Crippen LogP contribution >= 0.6 is 0 Å². The summed E-state index contributed by atoms with van der Waals surface area (Å²) in [7, 11) is -3.51. The molecule has 0 radical (unpaired) electrons. The predicted molar refractivity (Wildman–Crippen MR) is 142 cm³/mol. The van der Waals surface area contributed by atoms with Crippen LogP contribution in [0.1, 0.15) is 38.2 Å². The van der Waals surface area contributed by atoms with Crippen molar-refractivity contribution in [3.63, 3.8) is 0 Å². The van der Waals surface area contributed by atoms with Crippen LogP contribution in [0.25, 0.3) is 6.08 Å². The van der Waals surface area contributed by atoms with E-state index in [0.29, 0.717) is 63.5 Å². The van der Waals surface area contributed by atoms with Gasteiger partial charge in [-0.1, -0.05) is 6.07 Å². The van der Waals surface area contributed by atoms with E-state index in [-0.39, 0.29) is 11.7 Å². The topological polar surface area (TPSA) is 118 Å². The summed E-state index contributed by atoms with van der Waals surface area (Å²) in [5, 5.41) is 1.23. The maximum Gasteiger partial charge on any atom is 0.410 e. The number of likely N-dealkylation sites (tertiary alicyclic amines) is 1. The molecule has 1 aliphatic carbocycles. The molecule has 0 atom stereocenters. The monoisotopic (exact) mass is 542 g/mol. The van der Waals surface area contributed by atoms with Gasteiger partial charge in [0.25, 0.3) is 0 Å². The smallest absolute Gasteiger partial charge is 0.410 e. The molecule has 38 heavy (non-hydrogen) atoms. The summed E-state index contributed by atoms with van der Waals surface area (Å²) in [4.78, 5) is 29.0. The molecule has 1 amide bonds. The van der Waals surface area contributed by atoms with Crippen molar-refractivity contribution in [2.24, 2.45) is 5.92 Å². The number of anilines is 1. The molecular weight excluding hydrogens is 508 g/mol. The molecule has 2 saturated heterocycles. The molecule has 3 aliphatic rings. The van der Waals surface area contributed by atoms with Crippen LogP contribution in [-0.2, 0) is 14.8 Å². The molecule has 12 heteroatoms. The number of carbonyl (C=O) groups excluding carboxylic acids is 1. The molecule has 1 saturated carbocycles. The Morgan fingerprint density at radius 3 is 2.47 bits per heavy atom. The minimum absolute atomic E-state index is 0.203. The van der Waals surface area contributed by atoms with Gasteiger partial charge in [-0.25, -0.2) is 23.2 Å². The summed E-state index contributed by atoms with van der Waals surface area (Å²) in [5.74, 6) is 1.50. The van der Waals surface area contributed by atoms with E-state index < -0.39 is 10.0 Å². The van der Waals surface area contributed by atoms with Gasteiger partial charge in [-0.15, -0.1) is 0 Å². The zero-order chi connectivity index (χ0) is 26.6. The number of pyridine rings is 1. The lowest BCUT2D eigenvalue weighted by atomic mass is 9.98. The summed E-state index contributed by atoms with van der Waals surface area (Å²) in [6.45, 7) is 5.63. The standard InChI is InChI=1S/C26H34N6O5S/c1-26(7-8-26)37-25(33)31-10-4-22(5-11-31)20-36-24-19-28-23(18-29-24)30-12-14-32(15-13-30)38(34,35)16-6-21-3-2-9-27-17-21/h2-3,6,9,16-19,22H,4-5,7-8,10-15,20H2,1H3/b16-6+. The van der Waals surface area contributed by atoms with Gasteiger partial charge in [-0.3, -0.25) is 4.98 Å². The molecule has 4 heterocycles. The van der Waals surface area contributed by atoms with Gasteiger partial charge in [-0.05, 0) is 56.2 Å². The number of carbonyl (C=O) groups is 1. The maximum atomic E-state index is 12.7. The molecule has 0 aromatic carbocycles. The Hall–Kier alpha value is -3.25. The number of hydrogen-bond donors (Lipinski definition) is 0. The average Bonchev–Trinajstić information content (AvgIpc) is 3.68. The fourth-order valence-electron chi connectivity index (χ4n) is 4.48. The normalized spacial score (nSPS) is 20.4. The summed E-state index contributed by atoms with van der Waals surface area (Å²) in [6.07, 6.45) is 11.5. The first-order valence-corrected chi connectivity index (χ1v) is 14.6. The van der Waals surface area contributed by atoms with Crippen molar-refractivity contribution in [1.82, 2.24) is 24.2 Å². The van der Waals surface area contributed by atoms with Gasteiger partial charge in [0.2, 0.25) is 15.9 Å². The Labute approximate surface area is 223 Å². The minimum Gasteiger partial charge on any atom is -0.476 e. The van der Waals surface area contributed by atoms with Crippen molar-refractivity contribution in [2.45, 2.75) is 38.2 Å². The van der Waals surface area contributed by atoms with Gasteiger partial charge in [-0.2, -0.15) is 4.31 Å². The highest BCUT2D eigenvalue weighted by Gasteiger charge is 2.43. The number of rotatable bonds is 8. The Bertz CT molecular complexity index is 1220. The summed E-state index contributed by atoms with van der Waals surface area (Å²) < 4.78 is 38.3. The van der Waals surface area contributed by atoms with Gasteiger partial charge in [0.15, 0.2) is 0 Å². The van der Waals surface area contributed by atoms with Crippen molar-refractivity contribution < 1.29 is 22.7 Å². The van der Waals surface area contributed by atoms with Crippen molar-refractivity contribution in [3.8, 4) is 5.88 Å². The number of nitrogens with zero attached hydrogens (tertiary/aromatic N) is 6. The fourth-order valence-corrected chi connectivity index (χ4v) is 5.66. The van der Waals surface area contributed by atoms with Crippen LogP contribution < -0.4 is 9.64 Å². The second kappa shape index (κ2) is 11.2. The zero-order valence-corrected chi connectivity index (χ0v) is 22.4. The average molecular weight is 543 g/mol. The minimum atomic E-state index is -3.51. The van der Waals surface area contributed by atoms with Crippen LogP contribution in [0, 0.1) is 5.92 Å². The number of sulfonamides is 1. The van der Waals surface area contributed by atoms with Crippen LogP contribution in [0.4, 0.5) is 10.6 Å². The van der Waals surface area contributed by atoms with Crippen molar-refractivity contribution >= 4 is 28.0 Å². The van der Waals surface area contributed by atoms with E-state index >= 15 is 0 Å². The molecular formula is C26H34N6O5S. The van der Waals surface area contributed by atoms with Crippen LogP contribution in [0.15, 0.2) is 42.3 Å². The summed E-state index contributed by atoms with van der Waals surface area (Å²) in [6, 6.07) is 3.57. The number of piperazine rings is 1. The quantitative estimate of drug-likeness (QED) is 0.496. The number of hydrogen-bond acceptors (Lipinski definition) is 9. The zero-order valence-electron chi connectivity index (χ0n) is 21.6. The molecule has 2 aliphatic heterocycles. The molecule has 0 unspecified atom stereocenters. The first-order chi connectivity index (χ1) is 18.3. The Balaban J connectivity index is 1.04. The number of piperidine rings is 1. The van der Waals surface area contributed by atoms with Gasteiger partial charge in [0, 0.05) is 57.1 Å². The molecule has 5 rings (SSSR count). The molecule has 0 spiro atoms. The lowest BCUT2D eigenvalue weighted by molar-refractivity contribution is 0.0454. The van der Waals surface area contributed by atoms with E-state index in [1.165, 1.54) is 9.71 Å². The molecule has 3 fully saturated rings. The number of ether oxygens (including phenoxy) is 2. The van der Waals surface area contributed by atoms with E-state index in [1.807, 2.05) is 11.8 Å². The lowest BCUT2D eigenvalue weighted by Gasteiger charge is -2.33. The molecule has 204 valence electrons. The van der Waals surface area contributed by atoms with Crippen LogP contribution in [-0.4, -0.2) is 90.1 Å². The first-order valence-electron chi connectivity index (χ1n) is 13.1. The van der Waals surface area contributed by atoms with Gasteiger partial charge in [0.1, 0.15) is 11.4 Å². The molecule has 2 aromatic rings. The van der Waals surface area contributed by atoms with Crippen LogP contribution in [0.5, 0.6) is 5.88 Å². The third-order valence-corrected chi connectivity index (χ3v) is 8.85. The highest BCUT2D eigenvalue weighted by atomic mass is 32.2. The number of aromatic nitrogens is 3. The summed E-state index contributed by atoms with van der Waals surface area (Å²) in [5.41, 5.74) is 0.492. The van der Waals surface area contributed by atoms with Gasteiger partial charge >= 0.3 is 6.09 Å². The summed E-state index contributed by atoms with van der Waals surface area (Å²) >= 11 is 0. The predicted octanol–water partition coefficient (Wildman–Crippen LogP) is 2.77. The van der Waals surface area contributed by atoms with E-state index in [2.05, 4.69) is 15.0 Å². The first kappa shape index (κ1) is 26.4. The van der Waals surface area contributed by atoms with Crippen LogP contribution in [0.2, 0.25) is 0 Å². The van der Waals surface area contributed by atoms with Crippen molar-refractivity contribution in [3.05, 3.63) is 47.9 Å². The highest BCUT2D eigenvalue weighted by Crippen LogP contribution is 2.39. The molecule has 0 bridgehead atoms. The van der Waals surface area contributed by atoms with Crippen molar-refractivity contribution in [1.29, 1.82) is 0 Å². The largest absolute Gasteiger partial charge is 0.476 e. The Morgan fingerprint density at radius 2 is 1.84 bits per heavy atom. The maximum absolute atomic E-state index is 12.7. The van der Waals surface area contributed by atoms with E-state index in [0.717, 1.165) is 31.2 Å². The SMILES string of the molecule is CC1(OC(=O)N2CCC(COc3cnc(N4CCN(S(=O)(=O)/C=C/c5cccnc5)CC4)cn3)CC2)CC1. The van der Waals surface area contributed by atoms with E-state index in [1.54, 1.807) is 47.9 Å². The lowest BCUT2D eigenvalue weighted by Crippen LogP contribution is -2.48.